The molecule has 19 heavy (non-hydrogen) atoms. The van der Waals surface area contributed by atoms with Crippen LogP contribution in [0.1, 0.15) is 42.8 Å². The fourth-order valence-corrected chi connectivity index (χ4v) is 2.56. The van der Waals surface area contributed by atoms with Crippen LogP contribution in [0.4, 0.5) is 0 Å². The van der Waals surface area contributed by atoms with Crippen LogP contribution < -0.4 is 5.73 Å². The quantitative estimate of drug-likeness (QED) is 0.894. The molecule has 1 fully saturated rings. The molecule has 0 aliphatic heterocycles. The minimum Gasteiger partial charge on any atom is -0.348 e. The van der Waals surface area contributed by atoms with Gasteiger partial charge in [-0.25, -0.2) is 0 Å². The molecule has 0 saturated heterocycles. The van der Waals surface area contributed by atoms with E-state index in [2.05, 4.69) is 41.1 Å². The molecule has 2 aromatic rings. The zero-order valence-electron chi connectivity index (χ0n) is 11.7. The number of aromatic nitrogens is 3. The van der Waals surface area contributed by atoms with E-state index in [1.807, 2.05) is 11.7 Å². The summed E-state index contributed by atoms with van der Waals surface area (Å²) in [7, 11) is 2.01. The molecule has 102 valence electrons. The van der Waals surface area contributed by atoms with Gasteiger partial charge in [-0.05, 0) is 42.9 Å². The van der Waals surface area contributed by atoms with Crippen LogP contribution >= 0.6 is 0 Å². The van der Waals surface area contributed by atoms with E-state index in [0.717, 1.165) is 18.7 Å². The summed E-state index contributed by atoms with van der Waals surface area (Å²) >= 11 is 0. The summed E-state index contributed by atoms with van der Waals surface area (Å²) < 4.78 is 4.17. The highest BCUT2D eigenvalue weighted by Gasteiger charge is 2.29. The first kappa shape index (κ1) is 12.5. The van der Waals surface area contributed by atoms with Crippen LogP contribution in [-0.2, 0) is 20.0 Å². The first-order chi connectivity index (χ1) is 9.17. The lowest BCUT2D eigenvalue weighted by atomic mass is 10.1. The predicted molar refractivity (Wildman–Crippen MR) is 75.8 cm³/mol. The van der Waals surface area contributed by atoms with Crippen molar-refractivity contribution in [3.8, 4) is 0 Å². The summed E-state index contributed by atoms with van der Waals surface area (Å²) in [6.07, 6.45) is 7.86. The average Bonchev–Trinajstić information content (AvgIpc) is 3.06. The number of hydrogen-bond acceptors (Lipinski definition) is 2. The molecule has 0 amide bonds. The van der Waals surface area contributed by atoms with Crippen molar-refractivity contribution in [3.05, 3.63) is 41.5 Å². The highest BCUT2D eigenvalue weighted by atomic mass is 15.3. The van der Waals surface area contributed by atoms with Gasteiger partial charge in [-0.2, -0.15) is 5.10 Å². The van der Waals surface area contributed by atoms with Crippen molar-refractivity contribution < 1.29 is 0 Å². The number of aryl methyl sites for hydroxylation is 2. The van der Waals surface area contributed by atoms with Crippen LogP contribution in [-0.4, -0.2) is 14.3 Å². The molecule has 0 aromatic carbocycles. The molecule has 1 aliphatic rings. The Bertz CT molecular complexity index is 562. The van der Waals surface area contributed by atoms with Gasteiger partial charge in [-0.1, -0.05) is 6.92 Å². The Balaban J connectivity index is 1.73. The lowest BCUT2D eigenvalue weighted by Gasteiger charge is -2.07. The molecule has 0 bridgehead atoms. The molecule has 2 aromatic heterocycles. The van der Waals surface area contributed by atoms with E-state index >= 15 is 0 Å². The van der Waals surface area contributed by atoms with Crippen molar-refractivity contribution in [2.75, 3.05) is 0 Å². The maximum Gasteiger partial charge on any atom is 0.0639 e. The Kier molecular flexibility index (Phi) is 3.19. The van der Waals surface area contributed by atoms with Crippen LogP contribution in [0.15, 0.2) is 24.5 Å². The molecule has 4 heteroatoms. The highest BCUT2D eigenvalue weighted by Crippen LogP contribution is 2.39. The zero-order valence-corrected chi connectivity index (χ0v) is 11.7. The summed E-state index contributed by atoms with van der Waals surface area (Å²) in [5.41, 5.74) is 9.88. The van der Waals surface area contributed by atoms with Crippen molar-refractivity contribution in [3.63, 3.8) is 0 Å². The fraction of sp³-hybridized carbons (Fsp3) is 0.533. The monoisotopic (exact) mass is 258 g/mol. The average molecular weight is 258 g/mol. The second-order valence-corrected chi connectivity index (χ2v) is 5.58. The molecule has 0 radical (unpaired) electrons. The predicted octanol–water partition coefficient (Wildman–Crippen LogP) is 2.24. The summed E-state index contributed by atoms with van der Waals surface area (Å²) in [6, 6.07) is 4.56. The lowest BCUT2D eigenvalue weighted by molar-refractivity contribution is 0.626. The molecular weight excluding hydrogens is 236 g/mol. The van der Waals surface area contributed by atoms with Gasteiger partial charge in [0.15, 0.2) is 0 Å². The molecule has 1 saturated carbocycles. The van der Waals surface area contributed by atoms with E-state index in [0.29, 0.717) is 5.92 Å². The Hall–Kier alpha value is -1.55. The Morgan fingerprint density at radius 2 is 2.26 bits per heavy atom. The van der Waals surface area contributed by atoms with Crippen molar-refractivity contribution in [1.29, 1.82) is 0 Å². The number of nitrogens with two attached hydrogens (primary N) is 1. The number of nitrogens with zero attached hydrogens (tertiary/aromatic N) is 3. The van der Waals surface area contributed by atoms with Crippen molar-refractivity contribution >= 4 is 0 Å². The summed E-state index contributed by atoms with van der Waals surface area (Å²) in [6.45, 7) is 3.00. The minimum absolute atomic E-state index is 0.221. The van der Waals surface area contributed by atoms with Gasteiger partial charge in [-0.15, -0.1) is 0 Å². The molecular formula is C15H22N4. The second kappa shape index (κ2) is 4.85. The van der Waals surface area contributed by atoms with Gasteiger partial charge in [0.25, 0.3) is 0 Å². The van der Waals surface area contributed by atoms with E-state index in [1.165, 1.54) is 24.1 Å². The zero-order chi connectivity index (χ0) is 13.4. The minimum atomic E-state index is 0.221. The summed E-state index contributed by atoms with van der Waals surface area (Å²) in [5.74, 6) is 0.708. The van der Waals surface area contributed by atoms with Gasteiger partial charge in [-0.3, -0.25) is 4.68 Å². The largest absolute Gasteiger partial charge is 0.348 e. The molecule has 3 rings (SSSR count). The first-order valence-corrected chi connectivity index (χ1v) is 7.10. The normalized spacial score (nSPS) is 16.8. The molecule has 0 spiro atoms. The third kappa shape index (κ3) is 2.59. The van der Waals surface area contributed by atoms with Gasteiger partial charge in [0.1, 0.15) is 0 Å². The van der Waals surface area contributed by atoms with Crippen LogP contribution in [0.25, 0.3) is 0 Å². The second-order valence-electron chi connectivity index (χ2n) is 5.58. The third-order valence-corrected chi connectivity index (χ3v) is 4.02. The Morgan fingerprint density at radius 3 is 2.89 bits per heavy atom. The van der Waals surface area contributed by atoms with E-state index in [9.17, 15) is 0 Å². The van der Waals surface area contributed by atoms with E-state index in [-0.39, 0.29) is 6.04 Å². The van der Waals surface area contributed by atoms with Crippen LogP contribution in [0.2, 0.25) is 0 Å². The Labute approximate surface area is 114 Å². The molecule has 1 unspecified atom stereocenters. The molecule has 2 N–H and O–H groups in total. The molecule has 4 nitrogen and oxygen atoms in total. The Morgan fingerprint density at radius 1 is 1.47 bits per heavy atom. The van der Waals surface area contributed by atoms with Crippen molar-refractivity contribution in [1.82, 2.24) is 14.3 Å². The molecule has 1 atom stereocenters. The number of hydrogen-bond donors (Lipinski definition) is 1. The maximum atomic E-state index is 6.23. The first-order valence-electron chi connectivity index (χ1n) is 7.10. The topological polar surface area (TPSA) is 48.8 Å². The smallest absolute Gasteiger partial charge is 0.0639 e. The highest BCUT2D eigenvalue weighted by molar-refractivity contribution is 5.19. The molecule has 2 heterocycles. The van der Waals surface area contributed by atoms with Crippen LogP contribution in [0, 0.1) is 5.92 Å². The van der Waals surface area contributed by atoms with Crippen molar-refractivity contribution in [2.24, 2.45) is 18.7 Å². The van der Waals surface area contributed by atoms with Gasteiger partial charge in [0.2, 0.25) is 0 Å². The standard InChI is InChI=1S/C15H22N4/c1-3-13-8-14(18(2)17-13)10-19-7-6-12(9-19)15(16)11-4-5-11/h6-9,11,15H,3-5,10,16H2,1-2H3. The summed E-state index contributed by atoms with van der Waals surface area (Å²) in [5, 5.41) is 4.48. The number of rotatable bonds is 5. The van der Waals surface area contributed by atoms with Gasteiger partial charge >= 0.3 is 0 Å². The van der Waals surface area contributed by atoms with Crippen LogP contribution in [0.3, 0.4) is 0 Å². The van der Waals surface area contributed by atoms with Gasteiger partial charge in [0, 0.05) is 25.5 Å². The van der Waals surface area contributed by atoms with Crippen LogP contribution in [0.5, 0.6) is 0 Å². The molecule has 1 aliphatic carbocycles. The lowest BCUT2D eigenvalue weighted by Crippen LogP contribution is -2.11. The van der Waals surface area contributed by atoms with Gasteiger partial charge in [0.05, 0.1) is 17.9 Å². The van der Waals surface area contributed by atoms with E-state index in [4.69, 9.17) is 5.73 Å². The van der Waals surface area contributed by atoms with Crippen molar-refractivity contribution in [2.45, 2.75) is 38.8 Å². The summed E-state index contributed by atoms with van der Waals surface area (Å²) in [4.78, 5) is 0. The van der Waals surface area contributed by atoms with Gasteiger partial charge < -0.3 is 10.3 Å². The SMILES string of the molecule is CCc1cc(Cn2ccc(C(N)C3CC3)c2)n(C)n1. The van der Waals surface area contributed by atoms with E-state index < -0.39 is 0 Å². The fourth-order valence-electron chi connectivity index (χ4n) is 2.56. The third-order valence-electron chi connectivity index (χ3n) is 4.02. The van der Waals surface area contributed by atoms with E-state index in [1.54, 1.807) is 0 Å². The maximum absolute atomic E-state index is 6.23.